The average molecular weight is 257 g/mol. The van der Waals surface area contributed by atoms with Crippen molar-refractivity contribution in [2.75, 3.05) is 4.90 Å². The number of nitrogens with zero attached hydrogens (tertiary/aromatic N) is 1. The van der Waals surface area contributed by atoms with Gasteiger partial charge in [0, 0.05) is 12.2 Å². The minimum Gasteiger partial charge on any atom is -0.269 e. The molecule has 0 fully saturated rings. The van der Waals surface area contributed by atoms with Crippen LogP contribution in [0.1, 0.15) is 26.3 Å². The van der Waals surface area contributed by atoms with Crippen molar-refractivity contribution < 1.29 is 9.59 Å². The highest BCUT2D eigenvalue weighted by atomic mass is 16.2. The Morgan fingerprint density at radius 3 is 1.84 bits per heavy atom. The van der Waals surface area contributed by atoms with Gasteiger partial charge in [0.2, 0.25) is 0 Å². The van der Waals surface area contributed by atoms with E-state index >= 15 is 0 Å². The standard InChI is InChI=1S/C12H11NO2.C4H8/c1-2-9-3-5-10(6-4-9)13-11(14)7-8-12(13)15;1-4(2)3/h3-8H,2H2,1H3;1H2,2-3H3. The molecule has 19 heavy (non-hydrogen) atoms. The first-order valence-corrected chi connectivity index (χ1v) is 6.23. The van der Waals surface area contributed by atoms with Crippen molar-refractivity contribution in [3.8, 4) is 0 Å². The van der Waals surface area contributed by atoms with Gasteiger partial charge < -0.3 is 0 Å². The lowest BCUT2D eigenvalue weighted by Crippen LogP contribution is -2.29. The van der Waals surface area contributed by atoms with Gasteiger partial charge >= 0.3 is 0 Å². The molecular weight excluding hydrogens is 238 g/mol. The molecule has 1 aromatic rings. The number of imide groups is 1. The SMILES string of the molecule is C=C(C)C.CCc1ccc(N2C(=O)C=CC2=O)cc1. The van der Waals surface area contributed by atoms with Gasteiger partial charge in [-0.05, 0) is 38.0 Å². The Balaban J connectivity index is 0.000000399. The zero-order valence-electron chi connectivity index (χ0n) is 11.6. The van der Waals surface area contributed by atoms with E-state index in [9.17, 15) is 9.59 Å². The Labute approximate surface area is 114 Å². The highest BCUT2D eigenvalue weighted by Gasteiger charge is 2.24. The van der Waals surface area contributed by atoms with Crippen molar-refractivity contribution in [1.29, 1.82) is 0 Å². The Hall–Kier alpha value is -2.16. The smallest absolute Gasteiger partial charge is 0.258 e. The van der Waals surface area contributed by atoms with Crippen molar-refractivity contribution in [3.63, 3.8) is 0 Å². The van der Waals surface area contributed by atoms with Crippen LogP contribution in [0.15, 0.2) is 48.6 Å². The van der Waals surface area contributed by atoms with Crippen LogP contribution in [0, 0.1) is 0 Å². The van der Waals surface area contributed by atoms with E-state index in [0.717, 1.165) is 6.42 Å². The van der Waals surface area contributed by atoms with E-state index in [4.69, 9.17) is 0 Å². The summed E-state index contributed by atoms with van der Waals surface area (Å²) in [5, 5.41) is 0. The Bertz CT molecular complexity index is 490. The van der Waals surface area contributed by atoms with E-state index in [1.54, 1.807) is 12.1 Å². The van der Waals surface area contributed by atoms with Crippen LogP contribution in [0.5, 0.6) is 0 Å². The second kappa shape index (κ2) is 6.69. The minimum atomic E-state index is -0.274. The number of aryl methyl sites for hydroxylation is 1. The number of hydrogen-bond donors (Lipinski definition) is 0. The zero-order chi connectivity index (χ0) is 14.4. The maximum atomic E-state index is 11.4. The third-order valence-corrected chi connectivity index (χ3v) is 2.41. The third-order valence-electron chi connectivity index (χ3n) is 2.41. The molecular formula is C16H19NO2. The zero-order valence-corrected chi connectivity index (χ0v) is 11.6. The number of benzene rings is 1. The van der Waals surface area contributed by atoms with Crippen LogP contribution in [-0.2, 0) is 16.0 Å². The molecule has 1 heterocycles. The molecule has 1 aliphatic heterocycles. The van der Waals surface area contributed by atoms with Gasteiger partial charge in [0.25, 0.3) is 11.8 Å². The van der Waals surface area contributed by atoms with Crippen molar-refractivity contribution in [2.24, 2.45) is 0 Å². The van der Waals surface area contributed by atoms with Crippen LogP contribution in [0.3, 0.4) is 0 Å². The number of anilines is 1. The lowest BCUT2D eigenvalue weighted by molar-refractivity contribution is -0.119. The molecule has 3 nitrogen and oxygen atoms in total. The molecule has 0 saturated carbocycles. The first-order chi connectivity index (χ1) is 8.95. The second-order valence-corrected chi connectivity index (χ2v) is 4.57. The van der Waals surface area contributed by atoms with E-state index < -0.39 is 0 Å². The summed E-state index contributed by atoms with van der Waals surface area (Å²) in [5.74, 6) is -0.548. The molecule has 0 unspecified atom stereocenters. The first-order valence-electron chi connectivity index (χ1n) is 6.23. The third kappa shape index (κ3) is 4.21. The normalized spacial score (nSPS) is 13.3. The van der Waals surface area contributed by atoms with Gasteiger partial charge in [-0.1, -0.05) is 24.6 Å². The van der Waals surface area contributed by atoms with Gasteiger partial charge in [-0.3, -0.25) is 9.59 Å². The average Bonchev–Trinajstić information content (AvgIpc) is 2.69. The van der Waals surface area contributed by atoms with E-state index in [1.165, 1.54) is 28.2 Å². The van der Waals surface area contributed by atoms with Crippen LogP contribution >= 0.6 is 0 Å². The summed E-state index contributed by atoms with van der Waals surface area (Å²) in [6.45, 7) is 9.56. The van der Waals surface area contributed by atoms with Crippen LogP contribution < -0.4 is 4.90 Å². The fraction of sp³-hybridized carbons (Fsp3) is 0.250. The minimum absolute atomic E-state index is 0.274. The first kappa shape index (κ1) is 14.9. The number of carbonyl (C=O) groups is 2. The summed E-state index contributed by atoms with van der Waals surface area (Å²) in [4.78, 5) is 23.9. The summed E-state index contributed by atoms with van der Waals surface area (Å²) in [6, 6.07) is 7.44. The summed E-state index contributed by atoms with van der Waals surface area (Å²) < 4.78 is 0. The Morgan fingerprint density at radius 2 is 1.47 bits per heavy atom. The lowest BCUT2D eigenvalue weighted by atomic mass is 10.1. The van der Waals surface area contributed by atoms with Crippen LogP contribution in [0.25, 0.3) is 0 Å². The maximum Gasteiger partial charge on any atom is 0.258 e. The van der Waals surface area contributed by atoms with Crippen LogP contribution in [0.2, 0.25) is 0 Å². The summed E-state index contributed by atoms with van der Waals surface area (Å²) >= 11 is 0. The van der Waals surface area contributed by atoms with E-state index in [2.05, 4.69) is 13.5 Å². The molecule has 0 radical (unpaired) electrons. The van der Waals surface area contributed by atoms with Gasteiger partial charge in [0.15, 0.2) is 0 Å². The quantitative estimate of drug-likeness (QED) is 0.602. The van der Waals surface area contributed by atoms with Gasteiger partial charge in [0.05, 0.1) is 5.69 Å². The Kier molecular flexibility index (Phi) is 5.24. The number of rotatable bonds is 2. The predicted molar refractivity (Wildman–Crippen MR) is 77.9 cm³/mol. The molecule has 1 aromatic carbocycles. The molecule has 0 spiro atoms. The molecule has 0 bridgehead atoms. The molecule has 0 saturated heterocycles. The highest BCUT2D eigenvalue weighted by molar-refractivity contribution is 6.28. The largest absolute Gasteiger partial charge is 0.269 e. The molecule has 0 aromatic heterocycles. The van der Waals surface area contributed by atoms with Crippen molar-refractivity contribution in [1.82, 2.24) is 0 Å². The summed E-state index contributed by atoms with van der Waals surface area (Å²) in [6.07, 6.45) is 3.52. The summed E-state index contributed by atoms with van der Waals surface area (Å²) in [5.41, 5.74) is 2.98. The van der Waals surface area contributed by atoms with Gasteiger partial charge in [-0.15, -0.1) is 6.58 Å². The molecule has 2 rings (SSSR count). The number of carbonyl (C=O) groups excluding carboxylic acids is 2. The van der Waals surface area contributed by atoms with Gasteiger partial charge in [-0.2, -0.15) is 0 Å². The second-order valence-electron chi connectivity index (χ2n) is 4.57. The molecule has 2 amide bonds. The van der Waals surface area contributed by atoms with Crippen molar-refractivity contribution in [3.05, 3.63) is 54.1 Å². The predicted octanol–water partition coefficient (Wildman–Crippen LogP) is 3.26. The van der Waals surface area contributed by atoms with Gasteiger partial charge in [-0.25, -0.2) is 4.90 Å². The van der Waals surface area contributed by atoms with E-state index in [-0.39, 0.29) is 11.8 Å². The molecule has 3 heteroatoms. The highest BCUT2D eigenvalue weighted by Crippen LogP contribution is 2.19. The maximum absolute atomic E-state index is 11.4. The van der Waals surface area contributed by atoms with E-state index in [0.29, 0.717) is 5.69 Å². The summed E-state index contributed by atoms with van der Waals surface area (Å²) in [7, 11) is 0. The number of hydrogen-bond acceptors (Lipinski definition) is 2. The van der Waals surface area contributed by atoms with Crippen LogP contribution in [-0.4, -0.2) is 11.8 Å². The monoisotopic (exact) mass is 257 g/mol. The molecule has 0 N–H and O–H groups in total. The molecule has 100 valence electrons. The van der Waals surface area contributed by atoms with E-state index in [1.807, 2.05) is 26.0 Å². The van der Waals surface area contributed by atoms with Crippen molar-refractivity contribution in [2.45, 2.75) is 27.2 Å². The lowest BCUT2D eigenvalue weighted by Gasteiger charge is -2.13. The number of amides is 2. The van der Waals surface area contributed by atoms with Crippen LogP contribution in [0.4, 0.5) is 5.69 Å². The Morgan fingerprint density at radius 1 is 1.05 bits per heavy atom. The number of allylic oxidation sites excluding steroid dienone is 1. The molecule has 1 aliphatic rings. The fourth-order valence-corrected chi connectivity index (χ4v) is 1.54. The van der Waals surface area contributed by atoms with Crippen molar-refractivity contribution >= 4 is 17.5 Å². The fourth-order valence-electron chi connectivity index (χ4n) is 1.54. The molecule has 0 atom stereocenters. The van der Waals surface area contributed by atoms with Gasteiger partial charge in [0.1, 0.15) is 0 Å². The topological polar surface area (TPSA) is 37.4 Å². The molecule has 0 aliphatic carbocycles.